The Morgan fingerprint density at radius 3 is 2.35 bits per heavy atom. The van der Waals surface area contributed by atoms with Gasteiger partial charge in [0.1, 0.15) is 11.4 Å². The highest BCUT2D eigenvalue weighted by Crippen LogP contribution is 2.18. The third-order valence-electron chi connectivity index (χ3n) is 4.13. The second-order valence-electron chi connectivity index (χ2n) is 8.06. The van der Waals surface area contributed by atoms with Crippen LogP contribution < -0.4 is 4.72 Å². The van der Waals surface area contributed by atoms with Crippen molar-refractivity contribution < 1.29 is 27.1 Å². The molecule has 2 aromatic rings. The SMILES string of the molecule is CN(CCCC(=O)OC(C)(C)C)C(=O)c1cccc(S(=O)(=O)Nc2ccc(F)cc2)c1. The first-order valence-electron chi connectivity index (χ1n) is 9.73. The number of amides is 1. The first-order valence-corrected chi connectivity index (χ1v) is 11.2. The maximum Gasteiger partial charge on any atom is 0.306 e. The third-order valence-corrected chi connectivity index (χ3v) is 5.51. The molecule has 7 nitrogen and oxygen atoms in total. The van der Waals surface area contributed by atoms with E-state index in [0.717, 1.165) is 12.1 Å². The monoisotopic (exact) mass is 450 g/mol. The van der Waals surface area contributed by atoms with E-state index >= 15 is 0 Å². The molecule has 0 spiro atoms. The van der Waals surface area contributed by atoms with Gasteiger partial charge in [-0.25, -0.2) is 12.8 Å². The van der Waals surface area contributed by atoms with Crippen LogP contribution in [-0.4, -0.2) is 44.4 Å². The number of ether oxygens (including phenoxy) is 1. The lowest BCUT2D eigenvalue weighted by molar-refractivity contribution is -0.154. The topological polar surface area (TPSA) is 92.8 Å². The lowest BCUT2D eigenvalue weighted by Crippen LogP contribution is -2.29. The highest BCUT2D eigenvalue weighted by Gasteiger charge is 2.19. The van der Waals surface area contributed by atoms with Gasteiger partial charge in [0.15, 0.2) is 0 Å². The van der Waals surface area contributed by atoms with Crippen LogP contribution >= 0.6 is 0 Å². The van der Waals surface area contributed by atoms with Crippen LogP contribution in [0.4, 0.5) is 10.1 Å². The summed E-state index contributed by atoms with van der Waals surface area (Å²) in [4.78, 5) is 25.8. The molecule has 0 aliphatic heterocycles. The van der Waals surface area contributed by atoms with Gasteiger partial charge >= 0.3 is 5.97 Å². The number of rotatable bonds is 8. The minimum atomic E-state index is -3.96. The largest absolute Gasteiger partial charge is 0.460 e. The fourth-order valence-corrected chi connectivity index (χ4v) is 3.81. The van der Waals surface area contributed by atoms with E-state index in [2.05, 4.69) is 4.72 Å². The van der Waals surface area contributed by atoms with Gasteiger partial charge in [0.05, 0.1) is 4.90 Å². The van der Waals surface area contributed by atoms with Crippen LogP contribution in [0.3, 0.4) is 0 Å². The minimum absolute atomic E-state index is 0.0928. The van der Waals surface area contributed by atoms with E-state index in [1.54, 1.807) is 27.8 Å². The molecule has 0 aromatic heterocycles. The highest BCUT2D eigenvalue weighted by atomic mass is 32.2. The standard InChI is InChI=1S/C22H27FN2O5S/c1-22(2,3)30-20(26)9-6-14-25(4)21(27)16-7-5-8-19(15-16)31(28,29)24-18-12-10-17(23)11-13-18/h5,7-8,10-13,15,24H,6,9,14H2,1-4H3. The Hall–Kier alpha value is -2.94. The van der Waals surface area contributed by atoms with Crippen molar-refractivity contribution in [3.05, 3.63) is 59.9 Å². The molecule has 31 heavy (non-hydrogen) atoms. The molecule has 0 bridgehead atoms. The Morgan fingerprint density at radius 2 is 1.74 bits per heavy atom. The molecule has 0 fully saturated rings. The molecular formula is C22H27FN2O5S. The zero-order chi connectivity index (χ0) is 23.2. The van der Waals surface area contributed by atoms with Crippen molar-refractivity contribution in [3.8, 4) is 0 Å². The van der Waals surface area contributed by atoms with Crippen LogP contribution in [0.1, 0.15) is 44.0 Å². The van der Waals surface area contributed by atoms with Gasteiger partial charge in [-0.15, -0.1) is 0 Å². The molecular weight excluding hydrogens is 423 g/mol. The summed E-state index contributed by atoms with van der Waals surface area (Å²) < 4.78 is 45.8. The van der Waals surface area contributed by atoms with E-state index in [1.165, 1.54) is 41.3 Å². The van der Waals surface area contributed by atoms with Crippen molar-refractivity contribution in [2.75, 3.05) is 18.3 Å². The van der Waals surface area contributed by atoms with Gasteiger partial charge in [-0.05, 0) is 69.7 Å². The summed E-state index contributed by atoms with van der Waals surface area (Å²) in [5, 5.41) is 0. The minimum Gasteiger partial charge on any atom is -0.460 e. The van der Waals surface area contributed by atoms with E-state index in [0.29, 0.717) is 13.0 Å². The molecule has 0 saturated carbocycles. The number of anilines is 1. The zero-order valence-electron chi connectivity index (χ0n) is 18.0. The average Bonchev–Trinajstić information content (AvgIpc) is 2.67. The lowest BCUT2D eigenvalue weighted by atomic mass is 10.2. The fourth-order valence-electron chi connectivity index (χ4n) is 2.70. The first kappa shape index (κ1) is 24.3. The van der Waals surface area contributed by atoms with E-state index < -0.39 is 21.4 Å². The number of benzene rings is 2. The van der Waals surface area contributed by atoms with Gasteiger partial charge in [0, 0.05) is 31.3 Å². The van der Waals surface area contributed by atoms with Crippen molar-refractivity contribution in [1.29, 1.82) is 0 Å². The molecule has 0 unspecified atom stereocenters. The summed E-state index contributed by atoms with van der Waals surface area (Å²) in [6.45, 7) is 5.66. The van der Waals surface area contributed by atoms with Gasteiger partial charge < -0.3 is 9.64 Å². The number of esters is 1. The number of halogens is 1. The molecule has 1 amide bonds. The molecule has 0 saturated heterocycles. The lowest BCUT2D eigenvalue weighted by Gasteiger charge is -2.20. The molecule has 9 heteroatoms. The summed E-state index contributed by atoms with van der Waals surface area (Å²) in [5.74, 6) is -1.19. The summed E-state index contributed by atoms with van der Waals surface area (Å²) in [5.41, 5.74) is -0.161. The first-order chi connectivity index (χ1) is 14.4. The van der Waals surface area contributed by atoms with Crippen LogP contribution in [-0.2, 0) is 19.6 Å². The summed E-state index contributed by atoms with van der Waals surface area (Å²) in [7, 11) is -2.38. The summed E-state index contributed by atoms with van der Waals surface area (Å²) in [6.07, 6.45) is 0.589. The molecule has 0 aliphatic carbocycles. The van der Waals surface area contributed by atoms with Crippen molar-refractivity contribution in [2.24, 2.45) is 0 Å². The van der Waals surface area contributed by atoms with Crippen LogP contribution in [0.15, 0.2) is 53.4 Å². The van der Waals surface area contributed by atoms with Crippen LogP contribution in [0.2, 0.25) is 0 Å². The van der Waals surface area contributed by atoms with Gasteiger partial charge in [0.25, 0.3) is 15.9 Å². The smallest absolute Gasteiger partial charge is 0.306 e. The third kappa shape index (κ3) is 7.67. The molecule has 168 valence electrons. The van der Waals surface area contributed by atoms with Crippen LogP contribution in [0.25, 0.3) is 0 Å². The summed E-state index contributed by atoms with van der Waals surface area (Å²) in [6, 6.07) is 10.5. The number of hydrogen-bond acceptors (Lipinski definition) is 5. The quantitative estimate of drug-likeness (QED) is 0.617. The normalized spacial score (nSPS) is 11.6. The molecule has 2 aromatic carbocycles. The Labute approximate surface area is 182 Å². The maximum absolute atomic E-state index is 13.0. The Bertz CT molecular complexity index is 1030. The molecule has 0 heterocycles. The van der Waals surface area contributed by atoms with Crippen molar-refractivity contribution in [2.45, 2.75) is 44.1 Å². The number of carbonyl (C=O) groups is 2. The maximum atomic E-state index is 13.0. The molecule has 0 atom stereocenters. The van der Waals surface area contributed by atoms with Crippen molar-refractivity contribution in [3.63, 3.8) is 0 Å². The Kier molecular flexibility index (Phi) is 7.78. The predicted octanol–water partition coefficient (Wildman–Crippen LogP) is 3.82. The molecule has 2 rings (SSSR count). The zero-order valence-corrected chi connectivity index (χ0v) is 18.8. The average molecular weight is 451 g/mol. The second-order valence-corrected chi connectivity index (χ2v) is 9.74. The number of sulfonamides is 1. The van der Waals surface area contributed by atoms with E-state index in [4.69, 9.17) is 4.74 Å². The number of carbonyl (C=O) groups excluding carboxylic acids is 2. The van der Waals surface area contributed by atoms with Crippen molar-refractivity contribution >= 4 is 27.6 Å². The Morgan fingerprint density at radius 1 is 1.10 bits per heavy atom. The van der Waals surface area contributed by atoms with Gasteiger partial charge in [0.2, 0.25) is 0 Å². The van der Waals surface area contributed by atoms with Gasteiger partial charge in [-0.1, -0.05) is 6.07 Å². The van der Waals surface area contributed by atoms with Crippen molar-refractivity contribution in [1.82, 2.24) is 4.90 Å². The van der Waals surface area contributed by atoms with E-state index in [9.17, 15) is 22.4 Å². The highest BCUT2D eigenvalue weighted by molar-refractivity contribution is 7.92. The van der Waals surface area contributed by atoms with Gasteiger partial charge in [-0.2, -0.15) is 0 Å². The van der Waals surface area contributed by atoms with Crippen LogP contribution in [0.5, 0.6) is 0 Å². The predicted molar refractivity (Wildman–Crippen MR) is 116 cm³/mol. The molecule has 1 N–H and O–H groups in total. The second kappa shape index (κ2) is 9.91. The molecule has 0 aliphatic rings. The summed E-state index contributed by atoms with van der Waals surface area (Å²) >= 11 is 0. The number of hydrogen-bond donors (Lipinski definition) is 1. The van der Waals surface area contributed by atoms with E-state index in [-0.39, 0.29) is 34.4 Å². The molecule has 0 radical (unpaired) electrons. The number of nitrogens with zero attached hydrogens (tertiary/aromatic N) is 1. The van der Waals surface area contributed by atoms with Gasteiger partial charge in [-0.3, -0.25) is 14.3 Å². The Balaban J connectivity index is 2.02. The van der Waals surface area contributed by atoms with Crippen LogP contribution in [0, 0.1) is 5.82 Å². The number of nitrogens with one attached hydrogen (secondary N) is 1. The fraction of sp³-hybridized carbons (Fsp3) is 0.364. The van der Waals surface area contributed by atoms with E-state index in [1.807, 2.05) is 0 Å².